The lowest BCUT2D eigenvalue weighted by atomic mass is 10.1. The molecule has 0 atom stereocenters. The monoisotopic (exact) mass is 335 g/mol. The largest absolute Gasteiger partial charge is 0.277 e. The second-order valence-corrected chi connectivity index (χ2v) is 7.11. The molecule has 2 heterocycles. The number of aromatic amines is 1. The van der Waals surface area contributed by atoms with E-state index in [1.165, 1.54) is 38.6 Å². The molecule has 0 spiro atoms. The first-order chi connectivity index (χ1) is 10.8. The zero-order valence-corrected chi connectivity index (χ0v) is 13.2. The minimum Gasteiger partial charge on any atom is -0.277 e. The molecule has 0 saturated carbocycles. The number of hydrogen-bond acceptors (Lipinski definition) is 6. The highest BCUT2D eigenvalue weighted by atomic mass is 32.2. The second-order valence-electron chi connectivity index (χ2n) is 5.07. The number of carbonyl (C=O) groups is 2. The van der Waals surface area contributed by atoms with Gasteiger partial charge in [0.2, 0.25) is 10.0 Å². The van der Waals surface area contributed by atoms with Crippen LogP contribution in [0, 0.1) is 0 Å². The number of rotatable bonds is 4. The molecule has 2 amide bonds. The van der Waals surface area contributed by atoms with Gasteiger partial charge in [0.15, 0.2) is 0 Å². The van der Waals surface area contributed by atoms with Crippen molar-refractivity contribution >= 4 is 21.8 Å². The molecule has 1 aliphatic heterocycles. The molecule has 3 rings (SSSR count). The van der Waals surface area contributed by atoms with E-state index in [0.29, 0.717) is 5.82 Å². The van der Waals surface area contributed by atoms with Gasteiger partial charge in [-0.1, -0.05) is 0 Å². The van der Waals surface area contributed by atoms with Gasteiger partial charge >= 0.3 is 0 Å². The van der Waals surface area contributed by atoms with E-state index in [9.17, 15) is 18.0 Å². The van der Waals surface area contributed by atoms with Crippen LogP contribution in [0.4, 0.5) is 0 Å². The fourth-order valence-electron chi connectivity index (χ4n) is 2.28. The number of nitrogens with one attached hydrogen (secondary N) is 1. The Bertz CT molecular complexity index is 891. The quantitative estimate of drug-likeness (QED) is 0.777. The molecule has 10 heteroatoms. The van der Waals surface area contributed by atoms with Crippen LogP contribution in [0.25, 0.3) is 0 Å². The Morgan fingerprint density at radius 2 is 1.91 bits per heavy atom. The summed E-state index contributed by atoms with van der Waals surface area (Å²) < 4.78 is 26.2. The Labute approximate surface area is 132 Å². The Balaban J connectivity index is 1.96. The number of fused-ring (bicyclic) bond motifs is 1. The first kappa shape index (κ1) is 15.3. The molecule has 0 aliphatic carbocycles. The van der Waals surface area contributed by atoms with Gasteiger partial charge in [0.05, 0.1) is 22.6 Å². The molecular weight excluding hydrogens is 322 g/mol. The van der Waals surface area contributed by atoms with Gasteiger partial charge < -0.3 is 0 Å². The number of carbonyl (C=O) groups excluding carboxylic acids is 2. The highest BCUT2D eigenvalue weighted by molar-refractivity contribution is 7.89. The fraction of sp³-hybridized carbons (Fsp3) is 0.231. The van der Waals surface area contributed by atoms with Gasteiger partial charge in [0.25, 0.3) is 11.8 Å². The summed E-state index contributed by atoms with van der Waals surface area (Å²) in [5, 5.41) is 6.24. The predicted molar refractivity (Wildman–Crippen MR) is 77.9 cm³/mol. The molecule has 0 unspecified atom stereocenters. The van der Waals surface area contributed by atoms with Crippen LogP contribution in [0.5, 0.6) is 0 Å². The van der Waals surface area contributed by atoms with Crippen molar-refractivity contribution in [2.24, 2.45) is 0 Å². The lowest BCUT2D eigenvalue weighted by Gasteiger charge is -2.16. The van der Waals surface area contributed by atoms with E-state index in [0.717, 1.165) is 9.21 Å². The maximum absolute atomic E-state index is 12.6. The average molecular weight is 335 g/mol. The molecule has 9 nitrogen and oxygen atoms in total. The van der Waals surface area contributed by atoms with Crippen LogP contribution in [0.15, 0.2) is 29.4 Å². The number of hydrogen-bond donors (Lipinski definition) is 1. The maximum Gasteiger partial charge on any atom is 0.261 e. The highest BCUT2D eigenvalue weighted by Crippen LogP contribution is 2.26. The van der Waals surface area contributed by atoms with Crippen molar-refractivity contribution in [1.29, 1.82) is 0 Å². The number of nitrogens with zero attached hydrogens (tertiary/aromatic N) is 4. The van der Waals surface area contributed by atoms with Crippen LogP contribution >= 0.6 is 0 Å². The summed E-state index contributed by atoms with van der Waals surface area (Å²) >= 11 is 0. The van der Waals surface area contributed by atoms with E-state index in [4.69, 9.17) is 0 Å². The number of H-pyrrole nitrogens is 1. The summed E-state index contributed by atoms with van der Waals surface area (Å²) in [7, 11) is -1.08. The van der Waals surface area contributed by atoms with Gasteiger partial charge in [-0.2, -0.15) is 9.40 Å². The third kappa shape index (κ3) is 2.41. The number of aromatic nitrogens is 3. The molecule has 0 radical (unpaired) electrons. The molecule has 120 valence electrons. The van der Waals surface area contributed by atoms with Crippen molar-refractivity contribution in [2.75, 3.05) is 14.1 Å². The third-order valence-corrected chi connectivity index (χ3v) is 5.41. The summed E-state index contributed by atoms with van der Waals surface area (Å²) in [5.74, 6) is -0.563. The van der Waals surface area contributed by atoms with Gasteiger partial charge in [-0.3, -0.25) is 19.6 Å². The van der Waals surface area contributed by atoms with E-state index in [2.05, 4.69) is 15.2 Å². The minimum atomic E-state index is -3.83. The first-order valence-corrected chi connectivity index (χ1v) is 8.03. The molecule has 1 aromatic heterocycles. The number of imide groups is 1. The average Bonchev–Trinajstić information content (AvgIpc) is 3.11. The molecule has 1 aliphatic rings. The molecule has 1 aromatic carbocycles. The highest BCUT2D eigenvalue weighted by Gasteiger charge is 2.34. The molecule has 0 fully saturated rings. The molecule has 2 aromatic rings. The third-order valence-electron chi connectivity index (χ3n) is 3.61. The zero-order valence-electron chi connectivity index (χ0n) is 12.3. The topological polar surface area (TPSA) is 116 Å². The molecular formula is C13H13N5O4S. The molecule has 0 saturated heterocycles. The Morgan fingerprint density at radius 1 is 1.22 bits per heavy atom. The SMILES string of the molecule is CN1C(=O)c2ccc(S(=O)(=O)N(C)Cc3ncn[nH]3)cc2C1=O. The van der Waals surface area contributed by atoms with Gasteiger partial charge in [0.1, 0.15) is 12.2 Å². The maximum atomic E-state index is 12.6. The second kappa shape index (κ2) is 5.25. The number of sulfonamides is 1. The van der Waals surface area contributed by atoms with Crippen molar-refractivity contribution in [3.8, 4) is 0 Å². The summed E-state index contributed by atoms with van der Waals surface area (Å²) in [5.41, 5.74) is 0.293. The van der Waals surface area contributed by atoms with Crippen molar-refractivity contribution in [3.63, 3.8) is 0 Å². The Kier molecular flexibility index (Phi) is 3.49. The standard InChI is InChI=1S/C13H13N5O4S/c1-17(6-11-14-7-15-16-11)23(21,22)8-3-4-9-10(5-8)13(20)18(2)12(9)19/h3-5,7H,6H2,1-2H3,(H,14,15,16). The van der Waals surface area contributed by atoms with Crippen molar-refractivity contribution in [2.45, 2.75) is 11.4 Å². The van der Waals surface area contributed by atoms with E-state index in [-0.39, 0.29) is 22.6 Å². The molecule has 23 heavy (non-hydrogen) atoms. The van der Waals surface area contributed by atoms with Gasteiger partial charge in [-0.15, -0.1) is 0 Å². The van der Waals surface area contributed by atoms with Crippen LogP contribution in [-0.2, 0) is 16.6 Å². The van der Waals surface area contributed by atoms with Crippen LogP contribution in [0.1, 0.15) is 26.5 Å². The smallest absolute Gasteiger partial charge is 0.261 e. The predicted octanol–water partition coefficient (Wildman–Crippen LogP) is -0.149. The van der Waals surface area contributed by atoms with E-state index in [1.54, 1.807) is 0 Å². The van der Waals surface area contributed by atoms with Crippen LogP contribution in [0.2, 0.25) is 0 Å². The Morgan fingerprint density at radius 3 is 2.57 bits per heavy atom. The van der Waals surface area contributed by atoms with Crippen LogP contribution < -0.4 is 0 Å². The number of amides is 2. The van der Waals surface area contributed by atoms with Crippen molar-refractivity contribution in [1.82, 2.24) is 24.4 Å². The lowest BCUT2D eigenvalue weighted by molar-refractivity contribution is 0.0693. The van der Waals surface area contributed by atoms with Gasteiger partial charge in [-0.25, -0.2) is 13.4 Å². The fourth-order valence-corrected chi connectivity index (χ4v) is 3.44. The van der Waals surface area contributed by atoms with E-state index >= 15 is 0 Å². The van der Waals surface area contributed by atoms with Crippen LogP contribution in [-0.4, -0.2) is 58.7 Å². The lowest BCUT2D eigenvalue weighted by Crippen LogP contribution is -2.27. The van der Waals surface area contributed by atoms with E-state index < -0.39 is 21.8 Å². The molecule has 1 N–H and O–H groups in total. The summed E-state index contributed by atoms with van der Waals surface area (Å²) in [6.45, 7) is 0.00615. The normalized spacial score (nSPS) is 14.7. The van der Waals surface area contributed by atoms with E-state index in [1.807, 2.05) is 0 Å². The van der Waals surface area contributed by atoms with Crippen LogP contribution in [0.3, 0.4) is 0 Å². The summed E-state index contributed by atoms with van der Waals surface area (Å²) in [4.78, 5) is 28.6. The minimum absolute atomic E-state index is 0.00615. The van der Waals surface area contributed by atoms with Gasteiger partial charge in [0, 0.05) is 14.1 Å². The van der Waals surface area contributed by atoms with Crippen molar-refractivity contribution in [3.05, 3.63) is 41.5 Å². The Hall–Kier alpha value is -2.59. The molecule has 0 bridgehead atoms. The van der Waals surface area contributed by atoms with Gasteiger partial charge in [-0.05, 0) is 18.2 Å². The van der Waals surface area contributed by atoms with Crippen molar-refractivity contribution < 1.29 is 18.0 Å². The first-order valence-electron chi connectivity index (χ1n) is 6.59. The zero-order chi connectivity index (χ0) is 16.8. The summed E-state index contributed by atoms with van der Waals surface area (Å²) in [6.07, 6.45) is 1.28. The number of benzene rings is 1. The summed E-state index contributed by atoms with van der Waals surface area (Å²) in [6, 6.07) is 3.90.